The molecule has 0 bridgehead atoms. The summed E-state index contributed by atoms with van der Waals surface area (Å²) in [7, 11) is 2.11. The highest BCUT2D eigenvalue weighted by Crippen LogP contribution is 2.24. The van der Waals surface area contributed by atoms with Gasteiger partial charge in [-0.1, -0.05) is 37.3 Å². The normalized spacial score (nSPS) is 16.2. The molecular weight excluding hydrogens is 321 g/mol. The maximum absolute atomic E-state index is 12.1. The SMILES string of the molecule is CC(C(=O)NCCN(C)C1CC1)C(N)c1ccccc1.Cl.Cl. The molecule has 0 aliphatic heterocycles. The fourth-order valence-corrected chi connectivity index (χ4v) is 2.34. The molecule has 1 aliphatic carbocycles. The third-order valence-electron chi connectivity index (χ3n) is 4.07. The molecule has 6 heteroatoms. The van der Waals surface area contributed by atoms with Gasteiger partial charge in [0.1, 0.15) is 0 Å². The third kappa shape index (κ3) is 6.13. The van der Waals surface area contributed by atoms with Gasteiger partial charge in [0, 0.05) is 25.2 Å². The van der Waals surface area contributed by atoms with Crippen LogP contribution in [-0.2, 0) is 4.79 Å². The molecule has 0 heterocycles. The van der Waals surface area contributed by atoms with E-state index in [-0.39, 0.29) is 42.7 Å². The number of amides is 1. The molecule has 0 saturated heterocycles. The van der Waals surface area contributed by atoms with Gasteiger partial charge < -0.3 is 16.0 Å². The number of carbonyl (C=O) groups is 1. The van der Waals surface area contributed by atoms with Crippen molar-refractivity contribution < 1.29 is 4.79 Å². The molecule has 1 aliphatic rings. The number of likely N-dealkylation sites (N-methyl/N-ethyl adjacent to an activating group) is 1. The first-order valence-corrected chi connectivity index (χ1v) is 7.38. The molecule has 0 aromatic heterocycles. The number of carbonyl (C=O) groups excluding carboxylic acids is 1. The average Bonchev–Trinajstić information content (AvgIpc) is 3.31. The zero-order valence-corrected chi connectivity index (χ0v) is 14.8. The Morgan fingerprint density at radius 1 is 1.32 bits per heavy atom. The molecule has 1 aromatic carbocycles. The molecule has 1 saturated carbocycles. The smallest absolute Gasteiger partial charge is 0.224 e. The van der Waals surface area contributed by atoms with E-state index in [4.69, 9.17) is 5.73 Å². The van der Waals surface area contributed by atoms with Crippen LogP contribution in [0.15, 0.2) is 30.3 Å². The van der Waals surface area contributed by atoms with Crippen molar-refractivity contribution in [1.29, 1.82) is 0 Å². The zero-order chi connectivity index (χ0) is 14.5. The fourth-order valence-electron chi connectivity index (χ4n) is 2.34. The van der Waals surface area contributed by atoms with E-state index in [2.05, 4.69) is 17.3 Å². The Labute approximate surface area is 145 Å². The van der Waals surface area contributed by atoms with Gasteiger partial charge in [-0.3, -0.25) is 4.79 Å². The molecule has 0 spiro atoms. The van der Waals surface area contributed by atoms with Gasteiger partial charge >= 0.3 is 0 Å². The number of hydrogen-bond acceptors (Lipinski definition) is 3. The van der Waals surface area contributed by atoms with Crippen LogP contribution < -0.4 is 11.1 Å². The van der Waals surface area contributed by atoms with Crippen LogP contribution in [0.4, 0.5) is 0 Å². The molecular formula is C16H27Cl2N3O. The standard InChI is InChI=1S/C16H25N3O.2ClH/c1-12(15(17)13-6-4-3-5-7-13)16(20)18-10-11-19(2)14-8-9-14;;/h3-7,12,14-15H,8-11,17H2,1-2H3,(H,18,20);2*1H. The minimum Gasteiger partial charge on any atom is -0.355 e. The number of halogens is 2. The van der Waals surface area contributed by atoms with Gasteiger partial charge in [-0.2, -0.15) is 0 Å². The van der Waals surface area contributed by atoms with Gasteiger partial charge in [0.05, 0.1) is 5.92 Å². The van der Waals surface area contributed by atoms with E-state index in [1.165, 1.54) is 12.8 Å². The second-order valence-corrected chi connectivity index (χ2v) is 5.73. The number of nitrogens with two attached hydrogens (primary N) is 1. The number of nitrogens with one attached hydrogen (secondary N) is 1. The zero-order valence-electron chi connectivity index (χ0n) is 13.2. The van der Waals surface area contributed by atoms with Gasteiger partial charge in [0.25, 0.3) is 0 Å². The lowest BCUT2D eigenvalue weighted by atomic mass is 9.95. The van der Waals surface area contributed by atoms with Crippen LogP contribution in [0.1, 0.15) is 31.4 Å². The van der Waals surface area contributed by atoms with Crippen LogP contribution in [0, 0.1) is 5.92 Å². The summed E-state index contributed by atoms with van der Waals surface area (Å²) in [4.78, 5) is 14.4. The first-order valence-electron chi connectivity index (χ1n) is 7.38. The molecule has 2 rings (SSSR count). The average molecular weight is 348 g/mol. The molecule has 3 N–H and O–H groups in total. The van der Waals surface area contributed by atoms with E-state index in [1.54, 1.807) is 0 Å². The molecule has 1 amide bonds. The summed E-state index contributed by atoms with van der Waals surface area (Å²) in [6.45, 7) is 3.49. The van der Waals surface area contributed by atoms with Crippen molar-refractivity contribution in [1.82, 2.24) is 10.2 Å². The van der Waals surface area contributed by atoms with Crippen LogP contribution >= 0.6 is 24.8 Å². The van der Waals surface area contributed by atoms with Crippen molar-refractivity contribution in [2.24, 2.45) is 11.7 Å². The summed E-state index contributed by atoms with van der Waals surface area (Å²) in [6.07, 6.45) is 2.58. The van der Waals surface area contributed by atoms with E-state index in [1.807, 2.05) is 37.3 Å². The lowest BCUT2D eigenvalue weighted by molar-refractivity contribution is -0.125. The van der Waals surface area contributed by atoms with Crippen LogP contribution in [0.5, 0.6) is 0 Å². The first-order chi connectivity index (χ1) is 9.59. The van der Waals surface area contributed by atoms with Crippen molar-refractivity contribution in [3.8, 4) is 0 Å². The Balaban J connectivity index is 0.00000220. The summed E-state index contributed by atoms with van der Waals surface area (Å²) >= 11 is 0. The second-order valence-electron chi connectivity index (χ2n) is 5.73. The maximum atomic E-state index is 12.1. The largest absolute Gasteiger partial charge is 0.355 e. The van der Waals surface area contributed by atoms with Gasteiger partial charge in [-0.15, -0.1) is 24.8 Å². The van der Waals surface area contributed by atoms with Crippen LogP contribution in [0.25, 0.3) is 0 Å². The van der Waals surface area contributed by atoms with E-state index in [0.29, 0.717) is 6.54 Å². The monoisotopic (exact) mass is 347 g/mol. The summed E-state index contributed by atoms with van der Waals surface area (Å²) in [5, 5.41) is 2.99. The molecule has 1 aromatic rings. The van der Waals surface area contributed by atoms with Crippen molar-refractivity contribution in [2.45, 2.75) is 31.8 Å². The van der Waals surface area contributed by atoms with Crippen molar-refractivity contribution in [3.63, 3.8) is 0 Å². The van der Waals surface area contributed by atoms with E-state index in [0.717, 1.165) is 18.2 Å². The van der Waals surface area contributed by atoms with Crippen LogP contribution in [-0.4, -0.2) is 37.0 Å². The lowest BCUT2D eigenvalue weighted by Crippen LogP contribution is -2.39. The minimum atomic E-state index is -0.252. The molecule has 2 atom stereocenters. The van der Waals surface area contributed by atoms with Crippen LogP contribution in [0.3, 0.4) is 0 Å². The fraction of sp³-hybridized carbons (Fsp3) is 0.562. The van der Waals surface area contributed by atoms with E-state index in [9.17, 15) is 4.79 Å². The highest BCUT2D eigenvalue weighted by atomic mass is 35.5. The maximum Gasteiger partial charge on any atom is 0.224 e. The molecule has 126 valence electrons. The number of hydrogen-bond donors (Lipinski definition) is 2. The summed E-state index contributed by atoms with van der Waals surface area (Å²) in [5.74, 6) is -0.186. The number of nitrogens with zero attached hydrogens (tertiary/aromatic N) is 1. The van der Waals surface area contributed by atoms with Crippen molar-refractivity contribution >= 4 is 30.7 Å². The van der Waals surface area contributed by atoms with Crippen molar-refractivity contribution in [3.05, 3.63) is 35.9 Å². The molecule has 1 fully saturated rings. The van der Waals surface area contributed by atoms with Gasteiger partial charge in [-0.05, 0) is 25.5 Å². The highest BCUT2D eigenvalue weighted by Gasteiger charge is 2.26. The molecule has 22 heavy (non-hydrogen) atoms. The summed E-state index contributed by atoms with van der Waals surface area (Å²) in [6, 6.07) is 10.3. The summed E-state index contributed by atoms with van der Waals surface area (Å²) < 4.78 is 0. The lowest BCUT2D eigenvalue weighted by Gasteiger charge is -2.21. The Bertz CT molecular complexity index is 440. The van der Waals surface area contributed by atoms with Gasteiger partial charge in [-0.25, -0.2) is 0 Å². The van der Waals surface area contributed by atoms with Crippen molar-refractivity contribution in [2.75, 3.05) is 20.1 Å². The Morgan fingerprint density at radius 3 is 2.45 bits per heavy atom. The molecule has 2 unspecified atom stereocenters. The Hall–Kier alpha value is -0.810. The number of rotatable bonds is 7. The Kier molecular flexibility index (Phi) is 9.69. The van der Waals surface area contributed by atoms with Crippen LogP contribution in [0.2, 0.25) is 0 Å². The molecule has 0 radical (unpaired) electrons. The highest BCUT2D eigenvalue weighted by molar-refractivity contribution is 5.85. The van der Waals surface area contributed by atoms with Gasteiger partial charge in [0.15, 0.2) is 0 Å². The third-order valence-corrected chi connectivity index (χ3v) is 4.07. The Morgan fingerprint density at radius 2 is 1.91 bits per heavy atom. The second kappa shape index (κ2) is 10.1. The number of benzene rings is 1. The topological polar surface area (TPSA) is 58.4 Å². The van der Waals surface area contributed by atoms with Gasteiger partial charge in [0.2, 0.25) is 5.91 Å². The minimum absolute atomic E-state index is 0. The quantitative estimate of drug-likeness (QED) is 0.795. The molecule has 4 nitrogen and oxygen atoms in total. The predicted octanol–water partition coefficient (Wildman–Crippen LogP) is 2.38. The summed E-state index contributed by atoms with van der Waals surface area (Å²) in [5.41, 5.74) is 7.16. The first kappa shape index (κ1) is 21.2. The van der Waals surface area contributed by atoms with E-state index >= 15 is 0 Å². The predicted molar refractivity (Wildman–Crippen MR) is 95.7 cm³/mol. The van der Waals surface area contributed by atoms with E-state index < -0.39 is 0 Å².